The first-order valence-corrected chi connectivity index (χ1v) is 6.70. The first-order valence-electron chi connectivity index (χ1n) is 5.06. The molecular formula is C12H6Cl2N2OS. The standard InChI is InChI=1S/C12H6Cl2N2OS/c13-11-6-7(15-12(14)16-11)8-3-4-9(17-8)10-2-1-5-18-10/h1-6H. The highest BCUT2D eigenvalue weighted by Gasteiger charge is 2.10. The molecule has 3 aromatic rings. The Morgan fingerprint density at radius 3 is 2.61 bits per heavy atom. The van der Waals surface area contributed by atoms with Crippen molar-refractivity contribution in [1.82, 2.24) is 9.97 Å². The molecule has 0 N–H and O–H groups in total. The van der Waals surface area contributed by atoms with Gasteiger partial charge < -0.3 is 4.42 Å². The zero-order valence-corrected chi connectivity index (χ0v) is 11.3. The summed E-state index contributed by atoms with van der Waals surface area (Å²) in [5.74, 6) is 1.41. The average Bonchev–Trinajstić information content (AvgIpc) is 2.99. The molecule has 0 aliphatic rings. The predicted octanol–water partition coefficient (Wildman–Crippen LogP) is 4.77. The third-order valence-corrected chi connectivity index (χ3v) is 3.54. The molecule has 3 aromatic heterocycles. The van der Waals surface area contributed by atoms with Crippen molar-refractivity contribution in [1.29, 1.82) is 0 Å². The van der Waals surface area contributed by atoms with Crippen LogP contribution in [0.15, 0.2) is 40.1 Å². The van der Waals surface area contributed by atoms with Gasteiger partial charge in [-0.2, -0.15) is 0 Å². The quantitative estimate of drug-likeness (QED) is 0.505. The fourth-order valence-electron chi connectivity index (χ4n) is 1.54. The second-order valence-electron chi connectivity index (χ2n) is 3.49. The third kappa shape index (κ3) is 2.27. The van der Waals surface area contributed by atoms with E-state index in [9.17, 15) is 0 Å². The lowest BCUT2D eigenvalue weighted by Gasteiger charge is -1.98. The van der Waals surface area contributed by atoms with E-state index in [1.807, 2.05) is 29.6 Å². The van der Waals surface area contributed by atoms with Crippen LogP contribution in [0.5, 0.6) is 0 Å². The number of nitrogens with zero attached hydrogens (tertiary/aromatic N) is 2. The lowest BCUT2D eigenvalue weighted by Crippen LogP contribution is -1.86. The molecule has 18 heavy (non-hydrogen) atoms. The molecule has 0 aliphatic heterocycles. The van der Waals surface area contributed by atoms with Gasteiger partial charge in [0, 0.05) is 6.07 Å². The van der Waals surface area contributed by atoms with Gasteiger partial charge in [0.05, 0.1) is 4.88 Å². The second kappa shape index (κ2) is 4.72. The van der Waals surface area contributed by atoms with E-state index in [1.54, 1.807) is 17.4 Å². The summed E-state index contributed by atoms with van der Waals surface area (Å²) in [5.41, 5.74) is 0.572. The molecule has 0 saturated heterocycles. The van der Waals surface area contributed by atoms with Crippen molar-refractivity contribution in [3.05, 3.63) is 46.1 Å². The lowest BCUT2D eigenvalue weighted by atomic mass is 10.3. The summed E-state index contributed by atoms with van der Waals surface area (Å²) in [6.07, 6.45) is 0. The summed E-state index contributed by atoms with van der Waals surface area (Å²) in [6, 6.07) is 9.31. The van der Waals surface area contributed by atoms with Crippen LogP contribution in [0.2, 0.25) is 10.4 Å². The normalized spacial score (nSPS) is 10.8. The zero-order valence-electron chi connectivity index (χ0n) is 8.93. The molecule has 0 aliphatic carbocycles. The van der Waals surface area contributed by atoms with Gasteiger partial charge in [0.25, 0.3) is 0 Å². The fraction of sp³-hybridized carbons (Fsp3) is 0. The smallest absolute Gasteiger partial charge is 0.224 e. The Labute approximate surface area is 117 Å². The summed E-state index contributed by atoms with van der Waals surface area (Å²) in [7, 11) is 0. The largest absolute Gasteiger partial charge is 0.454 e. The van der Waals surface area contributed by atoms with Crippen LogP contribution in [0.4, 0.5) is 0 Å². The number of halogens is 2. The summed E-state index contributed by atoms with van der Waals surface area (Å²) in [6.45, 7) is 0. The van der Waals surface area contributed by atoms with Gasteiger partial charge in [0.1, 0.15) is 16.6 Å². The molecule has 0 atom stereocenters. The fourth-order valence-corrected chi connectivity index (χ4v) is 2.64. The Balaban J connectivity index is 2.03. The number of hydrogen-bond acceptors (Lipinski definition) is 4. The maximum absolute atomic E-state index is 5.83. The molecule has 0 radical (unpaired) electrons. The summed E-state index contributed by atoms with van der Waals surface area (Å²) < 4.78 is 5.73. The van der Waals surface area contributed by atoms with Crippen molar-refractivity contribution >= 4 is 34.5 Å². The maximum Gasteiger partial charge on any atom is 0.224 e. The van der Waals surface area contributed by atoms with Crippen LogP contribution in [0.25, 0.3) is 22.1 Å². The molecule has 3 nitrogen and oxygen atoms in total. The minimum atomic E-state index is 0.103. The molecule has 0 spiro atoms. The van der Waals surface area contributed by atoms with Crippen molar-refractivity contribution in [2.24, 2.45) is 0 Å². The first kappa shape index (κ1) is 11.7. The Hall–Kier alpha value is -1.36. The number of hydrogen-bond donors (Lipinski definition) is 0. The highest BCUT2D eigenvalue weighted by Crippen LogP contribution is 2.31. The Morgan fingerprint density at radius 2 is 1.89 bits per heavy atom. The molecular weight excluding hydrogens is 291 g/mol. The van der Waals surface area contributed by atoms with Gasteiger partial charge in [-0.3, -0.25) is 0 Å². The topological polar surface area (TPSA) is 38.9 Å². The van der Waals surface area contributed by atoms with E-state index in [2.05, 4.69) is 9.97 Å². The lowest BCUT2D eigenvalue weighted by molar-refractivity contribution is 0.596. The van der Waals surface area contributed by atoms with Crippen LogP contribution in [-0.4, -0.2) is 9.97 Å². The third-order valence-electron chi connectivity index (χ3n) is 2.29. The average molecular weight is 297 g/mol. The van der Waals surface area contributed by atoms with E-state index in [0.717, 1.165) is 10.6 Å². The Kier molecular flexibility index (Phi) is 3.07. The van der Waals surface area contributed by atoms with Gasteiger partial charge in [-0.15, -0.1) is 11.3 Å². The Morgan fingerprint density at radius 1 is 1.06 bits per heavy atom. The minimum absolute atomic E-state index is 0.103. The van der Waals surface area contributed by atoms with Gasteiger partial charge in [-0.05, 0) is 35.2 Å². The number of aromatic nitrogens is 2. The highest BCUT2D eigenvalue weighted by atomic mass is 35.5. The van der Waals surface area contributed by atoms with Crippen molar-refractivity contribution in [2.45, 2.75) is 0 Å². The van der Waals surface area contributed by atoms with Crippen LogP contribution < -0.4 is 0 Å². The van der Waals surface area contributed by atoms with Crippen molar-refractivity contribution < 1.29 is 4.42 Å². The highest BCUT2D eigenvalue weighted by molar-refractivity contribution is 7.13. The molecule has 3 rings (SSSR count). The van der Waals surface area contributed by atoms with Gasteiger partial charge in [-0.25, -0.2) is 9.97 Å². The van der Waals surface area contributed by atoms with E-state index >= 15 is 0 Å². The predicted molar refractivity (Wildman–Crippen MR) is 73.1 cm³/mol. The van der Waals surface area contributed by atoms with E-state index in [1.165, 1.54) is 0 Å². The van der Waals surface area contributed by atoms with Gasteiger partial charge in [0.2, 0.25) is 5.28 Å². The number of rotatable bonds is 2. The molecule has 0 aromatic carbocycles. The molecule has 90 valence electrons. The van der Waals surface area contributed by atoms with Crippen molar-refractivity contribution in [2.75, 3.05) is 0 Å². The SMILES string of the molecule is Clc1cc(-c2ccc(-c3cccs3)o2)nc(Cl)n1. The molecule has 0 amide bonds. The molecule has 6 heteroatoms. The minimum Gasteiger partial charge on any atom is -0.454 e. The summed E-state index contributed by atoms with van der Waals surface area (Å²) >= 11 is 13.2. The Bertz CT molecular complexity index is 659. The second-order valence-corrected chi connectivity index (χ2v) is 5.16. The van der Waals surface area contributed by atoms with E-state index in [0.29, 0.717) is 16.6 Å². The van der Waals surface area contributed by atoms with Gasteiger partial charge in [-0.1, -0.05) is 17.7 Å². The van der Waals surface area contributed by atoms with E-state index in [4.69, 9.17) is 27.6 Å². The van der Waals surface area contributed by atoms with Crippen LogP contribution >= 0.6 is 34.5 Å². The van der Waals surface area contributed by atoms with E-state index in [-0.39, 0.29) is 5.28 Å². The number of furan rings is 1. The van der Waals surface area contributed by atoms with Crippen LogP contribution in [0.3, 0.4) is 0 Å². The molecule has 0 fully saturated rings. The molecule has 3 heterocycles. The van der Waals surface area contributed by atoms with Gasteiger partial charge in [0.15, 0.2) is 5.76 Å². The van der Waals surface area contributed by atoms with Crippen LogP contribution in [-0.2, 0) is 0 Å². The zero-order chi connectivity index (χ0) is 12.5. The molecule has 0 saturated carbocycles. The molecule has 0 bridgehead atoms. The van der Waals surface area contributed by atoms with E-state index < -0.39 is 0 Å². The first-order chi connectivity index (χ1) is 8.72. The van der Waals surface area contributed by atoms with Crippen molar-refractivity contribution in [3.8, 4) is 22.1 Å². The van der Waals surface area contributed by atoms with Crippen LogP contribution in [0, 0.1) is 0 Å². The van der Waals surface area contributed by atoms with Crippen molar-refractivity contribution in [3.63, 3.8) is 0 Å². The van der Waals surface area contributed by atoms with Gasteiger partial charge >= 0.3 is 0 Å². The summed E-state index contributed by atoms with van der Waals surface area (Å²) in [4.78, 5) is 8.94. The van der Waals surface area contributed by atoms with Crippen LogP contribution in [0.1, 0.15) is 0 Å². The number of thiophene rings is 1. The monoisotopic (exact) mass is 296 g/mol. The summed E-state index contributed by atoms with van der Waals surface area (Å²) in [5, 5.41) is 2.39. The molecule has 0 unspecified atom stereocenters. The maximum atomic E-state index is 5.83.